The Hall–Kier alpha value is -2.45. The van der Waals surface area contributed by atoms with E-state index < -0.39 is 0 Å². The highest BCUT2D eigenvalue weighted by Crippen LogP contribution is 2.39. The number of hydrogen-bond acceptors (Lipinski definition) is 6. The Morgan fingerprint density at radius 1 is 1.34 bits per heavy atom. The number of benzene rings is 1. The molecule has 1 aliphatic rings. The van der Waals surface area contributed by atoms with Gasteiger partial charge >= 0.3 is 0 Å². The SMILES string of the molecule is Cc1ccccc1NC(=O)CSc1nnc2c3c4c(sc3ncn12)CC(C)CC4. The topological polar surface area (TPSA) is 72.2 Å². The fourth-order valence-electron chi connectivity index (χ4n) is 3.85. The number of anilines is 1. The van der Waals surface area contributed by atoms with E-state index in [1.165, 1.54) is 28.6 Å². The molecule has 5 rings (SSSR count). The zero-order valence-corrected chi connectivity index (χ0v) is 17.9. The number of para-hydroxylation sites is 1. The summed E-state index contributed by atoms with van der Waals surface area (Å²) in [6.45, 7) is 4.29. The smallest absolute Gasteiger partial charge is 0.234 e. The highest BCUT2D eigenvalue weighted by Gasteiger charge is 2.24. The number of rotatable bonds is 4. The van der Waals surface area contributed by atoms with E-state index in [1.807, 2.05) is 35.6 Å². The lowest BCUT2D eigenvalue weighted by Crippen LogP contribution is -2.15. The molecule has 3 heterocycles. The Morgan fingerprint density at radius 2 is 2.21 bits per heavy atom. The number of thioether (sulfide) groups is 1. The van der Waals surface area contributed by atoms with Gasteiger partial charge in [0.25, 0.3) is 0 Å². The molecule has 3 aromatic heterocycles. The lowest BCUT2D eigenvalue weighted by molar-refractivity contribution is -0.113. The molecule has 0 saturated heterocycles. The van der Waals surface area contributed by atoms with Crippen molar-refractivity contribution in [1.82, 2.24) is 19.6 Å². The monoisotopic (exact) mass is 423 g/mol. The summed E-state index contributed by atoms with van der Waals surface area (Å²) in [5, 5.41) is 13.6. The molecule has 0 spiro atoms. The molecule has 0 radical (unpaired) electrons. The van der Waals surface area contributed by atoms with Crippen molar-refractivity contribution in [3.05, 3.63) is 46.6 Å². The zero-order chi connectivity index (χ0) is 20.0. The van der Waals surface area contributed by atoms with Crippen LogP contribution in [0.5, 0.6) is 0 Å². The fraction of sp³-hybridized carbons (Fsp3) is 0.333. The summed E-state index contributed by atoms with van der Waals surface area (Å²) in [7, 11) is 0. The number of hydrogen-bond donors (Lipinski definition) is 1. The van der Waals surface area contributed by atoms with Crippen LogP contribution in [0.15, 0.2) is 35.7 Å². The second kappa shape index (κ2) is 7.42. The largest absolute Gasteiger partial charge is 0.325 e. The van der Waals surface area contributed by atoms with Crippen LogP contribution < -0.4 is 5.32 Å². The van der Waals surface area contributed by atoms with E-state index in [2.05, 4.69) is 27.4 Å². The third kappa shape index (κ3) is 3.40. The predicted octanol–water partition coefficient (Wildman–Crippen LogP) is 4.50. The van der Waals surface area contributed by atoms with E-state index in [-0.39, 0.29) is 11.7 Å². The maximum absolute atomic E-state index is 12.4. The van der Waals surface area contributed by atoms with Crippen LogP contribution in [0.2, 0.25) is 0 Å². The summed E-state index contributed by atoms with van der Waals surface area (Å²) in [6.07, 6.45) is 5.18. The Kier molecular flexibility index (Phi) is 4.75. The molecular formula is C21H21N5OS2. The Labute approximate surface area is 176 Å². The van der Waals surface area contributed by atoms with Crippen molar-refractivity contribution in [2.75, 3.05) is 11.1 Å². The molecule has 1 aromatic carbocycles. The molecule has 1 N–H and O–H groups in total. The first-order chi connectivity index (χ1) is 14.1. The standard InChI is InChI=1S/C21H21N5OS2/c1-12-7-8-14-16(9-12)29-20-18(14)19-24-25-21(26(19)11-22-20)28-10-17(27)23-15-6-4-3-5-13(15)2/h3-6,11-12H,7-10H2,1-2H3,(H,23,27). The number of amides is 1. The van der Waals surface area contributed by atoms with Gasteiger partial charge in [-0.3, -0.25) is 9.20 Å². The maximum atomic E-state index is 12.4. The quantitative estimate of drug-likeness (QED) is 0.489. The highest BCUT2D eigenvalue weighted by atomic mass is 32.2. The van der Waals surface area contributed by atoms with Crippen LogP contribution >= 0.6 is 23.1 Å². The van der Waals surface area contributed by atoms with Crippen LogP contribution in [0.3, 0.4) is 0 Å². The van der Waals surface area contributed by atoms with Crippen molar-refractivity contribution in [1.29, 1.82) is 0 Å². The average molecular weight is 424 g/mol. The molecular weight excluding hydrogens is 402 g/mol. The van der Waals surface area contributed by atoms with E-state index in [1.54, 1.807) is 17.7 Å². The highest BCUT2D eigenvalue weighted by molar-refractivity contribution is 7.99. The second-order valence-corrected chi connectivity index (χ2v) is 9.63. The molecule has 1 unspecified atom stereocenters. The summed E-state index contributed by atoms with van der Waals surface area (Å²) >= 11 is 3.16. The number of thiophene rings is 1. The molecule has 4 aromatic rings. The van der Waals surface area contributed by atoms with Gasteiger partial charge in [0.05, 0.1) is 11.1 Å². The van der Waals surface area contributed by atoms with E-state index in [0.29, 0.717) is 5.16 Å². The molecule has 0 bridgehead atoms. The third-order valence-corrected chi connectivity index (χ3v) is 7.53. The van der Waals surface area contributed by atoms with Crippen LogP contribution in [-0.4, -0.2) is 31.2 Å². The van der Waals surface area contributed by atoms with Gasteiger partial charge in [0, 0.05) is 10.6 Å². The summed E-state index contributed by atoms with van der Waals surface area (Å²) in [4.78, 5) is 19.5. The van der Waals surface area contributed by atoms with Gasteiger partial charge in [-0.2, -0.15) is 0 Å². The van der Waals surface area contributed by atoms with Gasteiger partial charge in [0.2, 0.25) is 5.91 Å². The molecule has 8 heteroatoms. The first-order valence-electron chi connectivity index (χ1n) is 9.72. The minimum Gasteiger partial charge on any atom is -0.325 e. The number of nitrogens with one attached hydrogen (secondary N) is 1. The molecule has 1 amide bonds. The molecule has 0 saturated carbocycles. The molecule has 29 heavy (non-hydrogen) atoms. The van der Waals surface area contributed by atoms with Gasteiger partial charge in [-0.1, -0.05) is 36.9 Å². The number of nitrogens with zero attached hydrogens (tertiary/aromatic N) is 4. The summed E-state index contributed by atoms with van der Waals surface area (Å²) in [5.41, 5.74) is 4.12. The number of carbonyl (C=O) groups is 1. The Bertz CT molecular complexity index is 1230. The van der Waals surface area contributed by atoms with Gasteiger partial charge in [0.1, 0.15) is 11.2 Å². The van der Waals surface area contributed by atoms with E-state index >= 15 is 0 Å². The molecule has 0 fully saturated rings. The van der Waals surface area contributed by atoms with Gasteiger partial charge in [-0.15, -0.1) is 21.5 Å². The predicted molar refractivity (Wildman–Crippen MR) is 118 cm³/mol. The van der Waals surface area contributed by atoms with Crippen LogP contribution in [-0.2, 0) is 17.6 Å². The van der Waals surface area contributed by atoms with Crippen molar-refractivity contribution < 1.29 is 4.79 Å². The zero-order valence-electron chi connectivity index (χ0n) is 16.3. The Balaban J connectivity index is 1.39. The van der Waals surface area contributed by atoms with Crippen molar-refractivity contribution in [3.8, 4) is 0 Å². The minimum absolute atomic E-state index is 0.0583. The van der Waals surface area contributed by atoms with Crippen molar-refractivity contribution in [2.24, 2.45) is 5.92 Å². The van der Waals surface area contributed by atoms with Crippen molar-refractivity contribution >= 4 is 50.6 Å². The lowest BCUT2D eigenvalue weighted by atomic mass is 9.89. The summed E-state index contributed by atoms with van der Waals surface area (Å²) in [6, 6.07) is 7.76. The molecule has 148 valence electrons. The van der Waals surface area contributed by atoms with Crippen molar-refractivity contribution in [3.63, 3.8) is 0 Å². The lowest BCUT2D eigenvalue weighted by Gasteiger charge is -2.17. The number of fused-ring (bicyclic) bond motifs is 5. The van der Waals surface area contributed by atoms with Crippen LogP contribution in [0.1, 0.15) is 29.3 Å². The minimum atomic E-state index is -0.0583. The average Bonchev–Trinajstić information content (AvgIpc) is 3.28. The van der Waals surface area contributed by atoms with Crippen LogP contribution in [0.4, 0.5) is 5.69 Å². The number of aromatic nitrogens is 4. The van der Waals surface area contributed by atoms with Crippen LogP contribution in [0, 0.1) is 12.8 Å². The van der Waals surface area contributed by atoms with E-state index in [9.17, 15) is 4.79 Å². The fourth-order valence-corrected chi connectivity index (χ4v) is 5.90. The first kappa shape index (κ1) is 18.6. The number of aryl methyl sites for hydroxylation is 2. The summed E-state index contributed by atoms with van der Waals surface area (Å²) in [5.74, 6) is 0.936. The van der Waals surface area contributed by atoms with Gasteiger partial charge in [0.15, 0.2) is 10.8 Å². The van der Waals surface area contributed by atoms with Gasteiger partial charge < -0.3 is 5.32 Å². The maximum Gasteiger partial charge on any atom is 0.234 e. The molecule has 6 nitrogen and oxygen atoms in total. The van der Waals surface area contributed by atoms with E-state index in [0.717, 1.165) is 45.9 Å². The molecule has 1 aliphatic carbocycles. The van der Waals surface area contributed by atoms with Crippen LogP contribution in [0.25, 0.3) is 15.9 Å². The molecule has 0 aliphatic heterocycles. The third-order valence-electron chi connectivity index (χ3n) is 5.42. The van der Waals surface area contributed by atoms with Gasteiger partial charge in [-0.25, -0.2) is 4.98 Å². The normalized spacial score (nSPS) is 16.3. The number of carbonyl (C=O) groups excluding carboxylic acids is 1. The Morgan fingerprint density at radius 3 is 3.07 bits per heavy atom. The molecule has 1 atom stereocenters. The van der Waals surface area contributed by atoms with E-state index in [4.69, 9.17) is 0 Å². The van der Waals surface area contributed by atoms with Gasteiger partial charge in [-0.05, 0) is 49.3 Å². The second-order valence-electron chi connectivity index (χ2n) is 7.60. The van der Waals surface area contributed by atoms with Crippen molar-refractivity contribution in [2.45, 2.75) is 38.3 Å². The summed E-state index contributed by atoms with van der Waals surface area (Å²) < 4.78 is 1.92. The first-order valence-corrected chi connectivity index (χ1v) is 11.5.